The molecule has 2 aromatic carbocycles. The Morgan fingerprint density at radius 2 is 2.05 bits per heavy atom. The summed E-state index contributed by atoms with van der Waals surface area (Å²) in [4.78, 5) is 0. The third kappa shape index (κ3) is 3.17. The standard InChI is InChI=1S/C18H21ClO2/c1-18(2)10-9-14(21-18)12-20-17-8-7-13-5-3-4-6-15(13)16(17)11-19/h3-8,14H,9-12H2,1-2H3. The summed E-state index contributed by atoms with van der Waals surface area (Å²) in [6.07, 6.45) is 2.31. The Kier molecular flexibility index (Phi) is 4.10. The van der Waals surface area contributed by atoms with Crippen LogP contribution in [0.2, 0.25) is 0 Å². The van der Waals surface area contributed by atoms with Gasteiger partial charge in [0.15, 0.2) is 0 Å². The molecule has 0 bridgehead atoms. The van der Waals surface area contributed by atoms with Gasteiger partial charge in [0.05, 0.1) is 17.6 Å². The minimum Gasteiger partial charge on any atom is -0.491 e. The van der Waals surface area contributed by atoms with Crippen LogP contribution in [0.15, 0.2) is 36.4 Å². The van der Waals surface area contributed by atoms with Gasteiger partial charge in [0, 0.05) is 5.56 Å². The van der Waals surface area contributed by atoms with Gasteiger partial charge in [0.1, 0.15) is 12.4 Å². The molecule has 2 nitrogen and oxygen atoms in total. The van der Waals surface area contributed by atoms with E-state index in [4.69, 9.17) is 21.1 Å². The van der Waals surface area contributed by atoms with Crippen molar-refractivity contribution in [1.82, 2.24) is 0 Å². The largest absolute Gasteiger partial charge is 0.491 e. The first-order valence-electron chi connectivity index (χ1n) is 7.46. The Balaban J connectivity index is 1.78. The fraction of sp³-hybridized carbons (Fsp3) is 0.444. The third-order valence-electron chi connectivity index (χ3n) is 4.11. The maximum absolute atomic E-state index is 6.14. The lowest BCUT2D eigenvalue weighted by Crippen LogP contribution is -2.24. The van der Waals surface area contributed by atoms with Gasteiger partial charge in [-0.15, -0.1) is 11.6 Å². The average Bonchev–Trinajstić information content (AvgIpc) is 2.83. The second-order valence-electron chi connectivity index (χ2n) is 6.25. The molecule has 112 valence electrons. The molecule has 3 rings (SSSR count). The third-order valence-corrected chi connectivity index (χ3v) is 4.38. The zero-order chi connectivity index (χ0) is 14.9. The van der Waals surface area contributed by atoms with Crippen molar-refractivity contribution < 1.29 is 9.47 Å². The van der Waals surface area contributed by atoms with E-state index in [1.807, 2.05) is 18.2 Å². The molecule has 0 N–H and O–H groups in total. The zero-order valence-corrected chi connectivity index (χ0v) is 13.3. The predicted molar refractivity (Wildman–Crippen MR) is 87.2 cm³/mol. The summed E-state index contributed by atoms with van der Waals surface area (Å²) in [6, 6.07) is 12.4. The van der Waals surface area contributed by atoms with Crippen LogP contribution < -0.4 is 4.74 Å². The van der Waals surface area contributed by atoms with E-state index in [-0.39, 0.29) is 11.7 Å². The molecule has 0 amide bonds. The summed E-state index contributed by atoms with van der Waals surface area (Å²) in [5.41, 5.74) is 1.04. The van der Waals surface area contributed by atoms with Crippen LogP contribution in [0.25, 0.3) is 10.8 Å². The first kappa shape index (κ1) is 14.7. The van der Waals surface area contributed by atoms with E-state index >= 15 is 0 Å². The molecule has 0 radical (unpaired) electrons. The van der Waals surface area contributed by atoms with E-state index < -0.39 is 0 Å². The van der Waals surface area contributed by atoms with E-state index in [0.717, 1.165) is 29.5 Å². The summed E-state index contributed by atoms with van der Waals surface area (Å²) in [5.74, 6) is 1.32. The fourth-order valence-electron chi connectivity index (χ4n) is 2.97. The van der Waals surface area contributed by atoms with Gasteiger partial charge in [-0.2, -0.15) is 0 Å². The lowest BCUT2D eigenvalue weighted by Gasteiger charge is -2.20. The summed E-state index contributed by atoms with van der Waals surface area (Å²) >= 11 is 6.14. The lowest BCUT2D eigenvalue weighted by atomic mass is 10.0. The van der Waals surface area contributed by atoms with E-state index in [9.17, 15) is 0 Å². The summed E-state index contributed by atoms with van der Waals surface area (Å²) in [6.45, 7) is 4.85. The van der Waals surface area contributed by atoms with Crippen molar-refractivity contribution in [3.8, 4) is 5.75 Å². The number of rotatable bonds is 4. The molecule has 1 unspecified atom stereocenters. The number of ether oxygens (including phenoxy) is 2. The molecule has 0 spiro atoms. The molecule has 0 saturated carbocycles. The molecule has 1 fully saturated rings. The van der Waals surface area contributed by atoms with Gasteiger partial charge < -0.3 is 9.47 Å². The van der Waals surface area contributed by atoms with Crippen LogP contribution in [0.1, 0.15) is 32.3 Å². The normalized spacial score (nSPS) is 20.8. The van der Waals surface area contributed by atoms with E-state index in [0.29, 0.717) is 12.5 Å². The Morgan fingerprint density at radius 1 is 1.24 bits per heavy atom. The topological polar surface area (TPSA) is 18.5 Å². The minimum absolute atomic E-state index is 0.0211. The maximum atomic E-state index is 6.14. The highest BCUT2D eigenvalue weighted by Gasteiger charge is 2.32. The molecule has 0 aromatic heterocycles. The number of alkyl halides is 1. The zero-order valence-electron chi connectivity index (χ0n) is 12.6. The van der Waals surface area contributed by atoms with Gasteiger partial charge in [-0.3, -0.25) is 0 Å². The molecule has 0 aliphatic carbocycles. The van der Waals surface area contributed by atoms with Crippen LogP contribution in [0, 0.1) is 0 Å². The summed E-state index contributed by atoms with van der Waals surface area (Å²) < 4.78 is 12.0. The molecule has 1 atom stereocenters. The molecule has 1 aliphatic rings. The molecule has 2 aromatic rings. The predicted octanol–water partition coefficient (Wildman–Crippen LogP) is 4.92. The second kappa shape index (κ2) is 5.86. The number of hydrogen-bond donors (Lipinski definition) is 0. The molecule has 3 heteroatoms. The van der Waals surface area contributed by atoms with Gasteiger partial charge in [-0.25, -0.2) is 0 Å². The molecular formula is C18H21ClO2. The van der Waals surface area contributed by atoms with Crippen LogP contribution in [-0.2, 0) is 10.6 Å². The van der Waals surface area contributed by atoms with Crippen molar-refractivity contribution in [2.75, 3.05) is 6.61 Å². The summed E-state index contributed by atoms with van der Waals surface area (Å²) in [5, 5.41) is 2.36. The Morgan fingerprint density at radius 3 is 2.76 bits per heavy atom. The monoisotopic (exact) mass is 304 g/mol. The number of halogens is 1. The highest BCUT2D eigenvalue weighted by Crippen LogP contribution is 2.32. The van der Waals surface area contributed by atoms with Crippen LogP contribution in [0.4, 0.5) is 0 Å². The Hall–Kier alpha value is -1.25. The van der Waals surface area contributed by atoms with Crippen molar-refractivity contribution >= 4 is 22.4 Å². The molecule has 1 heterocycles. The first-order chi connectivity index (χ1) is 10.1. The minimum atomic E-state index is -0.0211. The van der Waals surface area contributed by atoms with E-state index in [1.54, 1.807) is 0 Å². The number of hydrogen-bond acceptors (Lipinski definition) is 2. The van der Waals surface area contributed by atoms with Crippen LogP contribution >= 0.6 is 11.6 Å². The molecule has 1 aliphatic heterocycles. The van der Waals surface area contributed by atoms with Crippen molar-refractivity contribution in [2.45, 2.75) is 44.3 Å². The van der Waals surface area contributed by atoms with Gasteiger partial charge in [-0.05, 0) is 43.5 Å². The van der Waals surface area contributed by atoms with Crippen LogP contribution in [0.5, 0.6) is 5.75 Å². The summed E-state index contributed by atoms with van der Waals surface area (Å²) in [7, 11) is 0. The second-order valence-corrected chi connectivity index (χ2v) is 6.51. The van der Waals surface area contributed by atoms with Crippen molar-refractivity contribution in [1.29, 1.82) is 0 Å². The number of fused-ring (bicyclic) bond motifs is 1. The van der Waals surface area contributed by atoms with Crippen molar-refractivity contribution in [3.63, 3.8) is 0 Å². The van der Waals surface area contributed by atoms with E-state index in [2.05, 4.69) is 32.0 Å². The molecule has 21 heavy (non-hydrogen) atoms. The number of benzene rings is 2. The van der Waals surface area contributed by atoms with Crippen molar-refractivity contribution in [2.24, 2.45) is 0 Å². The fourth-order valence-corrected chi connectivity index (χ4v) is 3.24. The molecular weight excluding hydrogens is 284 g/mol. The lowest BCUT2D eigenvalue weighted by molar-refractivity contribution is -0.0327. The molecule has 1 saturated heterocycles. The quantitative estimate of drug-likeness (QED) is 0.747. The average molecular weight is 305 g/mol. The van der Waals surface area contributed by atoms with Crippen LogP contribution in [-0.4, -0.2) is 18.3 Å². The smallest absolute Gasteiger partial charge is 0.124 e. The van der Waals surface area contributed by atoms with Gasteiger partial charge in [0.2, 0.25) is 0 Å². The van der Waals surface area contributed by atoms with Gasteiger partial charge >= 0.3 is 0 Å². The highest BCUT2D eigenvalue weighted by atomic mass is 35.5. The first-order valence-corrected chi connectivity index (χ1v) is 8.00. The van der Waals surface area contributed by atoms with Crippen LogP contribution in [0.3, 0.4) is 0 Å². The Bertz CT molecular complexity index is 636. The van der Waals surface area contributed by atoms with Gasteiger partial charge in [-0.1, -0.05) is 30.3 Å². The van der Waals surface area contributed by atoms with Crippen molar-refractivity contribution in [3.05, 3.63) is 42.0 Å². The SMILES string of the molecule is CC1(C)CCC(COc2ccc3ccccc3c2CCl)O1. The van der Waals surface area contributed by atoms with E-state index in [1.165, 1.54) is 5.39 Å². The highest BCUT2D eigenvalue weighted by molar-refractivity contribution is 6.18. The maximum Gasteiger partial charge on any atom is 0.124 e. The Labute approximate surface area is 131 Å². The van der Waals surface area contributed by atoms with Gasteiger partial charge in [0.25, 0.3) is 0 Å².